The monoisotopic (exact) mass is 492 g/mol. The smallest absolute Gasteiger partial charge is 0.333 e. The van der Waals surface area contributed by atoms with Gasteiger partial charge in [0.15, 0.2) is 0 Å². The summed E-state index contributed by atoms with van der Waals surface area (Å²) < 4.78 is 11.3. The van der Waals surface area contributed by atoms with Crippen molar-refractivity contribution in [2.24, 2.45) is 0 Å². The molecule has 0 bridgehead atoms. The first-order valence-corrected chi connectivity index (χ1v) is 12.7. The lowest BCUT2D eigenvalue weighted by atomic mass is 9.99. The molecule has 2 aromatic carbocycles. The average molecular weight is 493 g/mol. The van der Waals surface area contributed by atoms with Crippen LogP contribution in [-0.2, 0) is 9.53 Å². The summed E-state index contributed by atoms with van der Waals surface area (Å²) in [5.74, 6) is 0.971. The number of aromatic hydroxyl groups is 1. The molecule has 0 radical (unpaired) electrons. The van der Waals surface area contributed by atoms with Crippen LogP contribution in [0.4, 0.5) is 0 Å². The van der Waals surface area contributed by atoms with Crippen LogP contribution < -0.4 is 4.74 Å². The Morgan fingerprint density at radius 3 is 2.03 bits per heavy atom. The number of ether oxygens (including phenoxy) is 2. The number of benzene rings is 2. The van der Waals surface area contributed by atoms with Crippen LogP contribution in [0.3, 0.4) is 0 Å². The maximum atomic E-state index is 11.3. The highest BCUT2D eigenvalue weighted by Gasteiger charge is 2.35. The topological polar surface area (TPSA) is 55.8 Å². The van der Waals surface area contributed by atoms with Crippen molar-refractivity contribution in [1.29, 1.82) is 0 Å². The van der Waals surface area contributed by atoms with Crippen LogP contribution in [0.25, 0.3) is 12.2 Å². The fourth-order valence-electron chi connectivity index (χ4n) is 3.55. The maximum absolute atomic E-state index is 11.3. The van der Waals surface area contributed by atoms with E-state index in [9.17, 15) is 4.79 Å². The quantitative estimate of drug-likeness (QED) is 0.295. The summed E-state index contributed by atoms with van der Waals surface area (Å²) in [4.78, 5) is 11.3. The van der Waals surface area contributed by atoms with E-state index in [1.54, 1.807) is 25.1 Å². The van der Waals surface area contributed by atoms with Crippen LogP contribution in [0.1, 0.15) is 84.3 Å². The molecule has 0 atom stereocenters. The third kappa shape index (κ3) is 10.6. The Bertz CT molecular complexity index is 979. The molecule has 0 unspecified atom stereocenters. The van der Waals surface area contributed by atoms with Gasteiger partial charge in [-0.15, -0.1) is 0 Å². The van der Waals surface area contributed by atoms with Gasteiger partial charge >= 0.3 is 5.97 Å². The van der Waals surface area contributed by atoms with E-state index in [1.807, 2.05) is 42.5 Å². The molecule has 1 N–H and O–H groups in total. The van der Waals surface area contributed by atoms with E-state index in [0.717, 1.165) is 42.6 Å². The first-order valence-electron chi connectivity index (χ1n) is 12.7. The van der Waals surface area contributed by atoms with Gasteiger partial charge in [0.1, 0.15) is 22.7 Å². The Labute approximate surface area is 218 Å². The van der Waals surface area contributed by atoms with E-state index < -0.39 is 0 Å². The molecule has 4 heteroatoms. The minimum Gasteiger partial charge on any atom is -0.507 e. The van der Waals surface area contributed by atoms with Crippen LogP contribution >= 0.6 is 0 Å². The summed E-state index contributed by atoms with van der Waals surface area (Å²) >= 11 is 0. The van der Waals surface area contributed by atoms with Crippen LogP contribution in [-0.4, -0.2) is 22.3 Å². The number of para-hydroxylation sites is 1. The Morgan fingerprint density at radius 1 is 1.03 bits per heavy atom. The fraction of sp³-hybridized carbons (Fsp3) is 0.406. The number of carbonyl (C=O) groups is 1. The lowest BCUT2D eigenvalue weighted by Crippen LogP contribution is -2.31. The lowest BCUT2D eigenvalue weighted by molar-refractivity contribution is -0.154. The van der Waals surface area contributed by atoms with Gasteiger partial charge in [0.2, 0.25) is 0 Å². The van der Waals surface area contributed by atoms with E-state index in [1.165, 1.54) is 12.8 Å². The van der Waals surface area contributed by atoms with Crippen molar-refractivity contribution in [2.45, 2.75) is 84.3 Å². The lowest BCUT2D eigenvalue weighted by Gasteiger charge is -2.27. The first-order chi connectivity index (χ1) is 17.0. The van der Waals surface area contributed by atoms with Gasteiger partial charge in [0.25, 0.3) is 0 Å². The van der Waals surface area contributed by atoms with Crippen molar-refractivity contribution >= 4 is 18.1 Å². The number of carbonyl (C=O) groups excluding carboxylic acids is 1. The van der Waals surface area contributed by atoms with E-state index in [2.05, 4.69) is 47.4 Å². The summed E-state index contributed by atoms with van der Waals surface area (Å²) in [6.07, 6.45) is 9.76. The Kier molecular flexibility index (Phi) is 12.8. The fourth-order valence-corrected chi connectivity index (χ4v) is 3.55. The molecule has 36 heavy (non-hydrogen) atoms. The molecule has 4 nitrogen and oxygen atoms in total. The highest BCUT2D eigenvalue weighted by molar-refractivity contribution is 5.87. The zero-order chi connectivity index (χ0) is 27.2. The second kappa shape index (κ2) is 15.0. The third-order valence-electron chi connectivity index (χ3n) is 6.33. The predicted octanol–water partition coefficient (Wildman–Crippen LogP) is 8.76. The minimum absolute atomic E-state index is 0.0876. The highest BCUT2D eigenvalue weighted by Crippen LogP contribution is 2.36. The van der Waals surface area contributed by atoms with E-state index in [4.69, 9.17) is 14.6 Å². The second-order valence-electron chi connectivity index (χ2n) is 9.66. The SMILES string of the molecule is C=C(C)C(=O)OC1(CC)CCCC1.C=Cc1ccc(OC(C)(C)CC)cc1.C=Cc1ccccc1O. The van der Waals surface area contributed by atoms with E-state index >= 15 is 0 Å². The highest BCUT2D eigenvalue weighted by atomic mass is 16.6. The van der Waals surface area contributed by atoms with Gasteiger partial charge in [0.05, 0.1) is 0 Å². The minimum atomic E-state index is -0.233. The summed E-state index contributed by atoms with van der Waals surface area (Å²) in [5, 5.41) is 9.04. The molecule has 0 saturated heterocycles. The Balaban J connectivity index is 0.000000276. The zero-order valence-electron chi connectivity index (χ0n) is 22.8. The van der Waals surface area contributed by atoms with Crippen molar-refractivity contribution in [1.82, 2.24) is 0 Å². The molecule has 0 amide bonds. The Hall–Kier alpha value is -3.27. The van der Waals surface area contributed by atoms with Gasteiger partial charge < -0.3 is 14.6 Å². The molecule has 1 aliphatic rings. The molecule has 2 aromatic rings. The van der Waals surface area contributed by atoms with Gasteiger partial charge in [-0.05, 0) is 83.1 Å². The average Bonchev–Trinajstić information content (AvgIpc) is 3.34. The van der Waals surface area contributed by atoms with Gasteiger partial charge in [0, 0.05) is 11.1 Å². The van der Waals surface area contributed by atoms with Crippen molar-refractivity contribution in [3.8, 4) is 11.5 Å². The molecule has 0 aliphatic heterocycles. The molecule has 1 saturated carbocycles. The summed E-state index contributed by atoms with van der Waals surface area (Å²) in [6, 6.07) is 15.1. The predicted molar refractivity (Wildman–Crippen MR) is 152 cm³/mol. The normalized spacial score (nSPS) is 13.7. The number of hydrogen-bond acceptors (Lipinski definition) is 4. The summed E-state index contributed by atoms with van der Waals surface area (Å²) in [7, 11) is 0. The molecule has 0 aromatic heterocycles. The first kappa shape index (κ1) is 30.8. The van der Waals surface area contributed by atoms with E-state index in [-0.39, 0.29) is 22.9 Å². The van der Waals surface area contributed by atoms with Crippen LogP contribution in [0, 0.1) is 0 Å². The summed E-state index contributed by atoms with van der Waals surface area (Å²) in [6.45, 7) is 20.9. The van der Waals surface area contributed by atoms with Crippen LogP contribution in [0.15, 0.2) is 73.8 Å². The Morgan fingerprint density at radius 2 is 1.61 bits per heavy atom. The van der Waals surface area contributed by atoms with Crippen LogP contribution in [0.5, 0.6) is 11.5 Å². The molecule has 1 fully saturated rings. The molecule has 196 valence electrons. The van der Waals surface area contributed by atoms with Crippen molar-refractivity contribution in [3.05, 3.63) is 85.0 Å². The van der Waals surface area contributed by atoms with Crippen molar-refractivity contribution in [3.63, 3.8) is 0 Å². The molecule has 0 heterocycles. The largest absolute Gasteiger partial charge is 0.507 e. The molecule has 1 aliphatic carbocycles. The second-order valence-corrected chi connectivity index (χ2v) is 9.66. The van der Waals surface area contributed by atoms with Gasteiger partial charge in [-0.2, -0.15) is 0 Å². The zero-order valence-corrected chi connectivity index (χ0v) is 22.8. The van der Waals surface area contributed by atoms with Gasteiger partial charge in [-0.3, -0.25) is 0 Å². The van der Waals surface area contributed by atoms with Gasteiger partial charge in [-0.25, -0.2) is 4.79 Å². The maximum Gasteiger partial charge on any atom is 0.333 e. The molecular weight excluding hydrogens is 448 g/mol. The molecule has 3 rings (SSSR count). The van der Waals surface area contributed by atoms with Crippen LogP contribution in [0.2, 0.25) is 0 Å². The van der Waals surface area contributed by atoms with Crippen molar-refractivity contribution in [2.75, 3.05) is 0 Å². The number of phenolic OH excluding ortho intramolecular Hbond substituents is 1. The number of rotatable bonds is 8. The summed E-state index contributed by atoms with van der Waals surface area (Å²) in [5.41, 5.74) is 2.13. The number of hydrogen-bond donors (Lipinski definition) is 1. The van der Waals surface area contributed by atoms with Crippen molar-refractivity contribution < 1.29 is 19.4 Å². The standard InChI is InChI=1S/C13H18O.C11H18O2.C8H8O/c1-5-11-7-9-12(10-8-11)14-13(3,4)6-2;1-4-11(7-5-6-8-11)13-10(12)9(2)3;1-2-7-5-3-4-6-8(7)9/h5,7-10H,1,6H2,2-4H3;2,4-8H2,1,3H3;2-6,9H,1H2. The van der Waals surface area contributed by atoms with E-state index in [0.29, 0.717) is 5.57 Å². The molecular formula is C32H44O4. The number of phenols is 1. The molecule has 0 spiro atoms. The third-order valence-corrected chi connectivity index (χ3v) is 6.33. The van der Waals surface area contributed by atoms with Gasteiger partial charge in [-0.1, -0.05) is 76.1 Å². The number of esters is 1.